The van der Waals surface area contributed by atoms with Gasteiger partial charge in [0, 0.05) is 17.7 Å². The zero-order valence-electron chi connectivity index (χ0n) is 27.5. The van der Waals surface area contributed by atoms with E-state index in [2.05, 4.69) is 0 Å². The van der Waals surface area contributed by atoms with Gasteiger partial charge in [0.1, 0.15) is 83.2 Å². The second kappa shape index (κ2) is 15.0. The van der Waals surface area contributed by atoms with Crippen molar-refractivity contribution in [1.29, 1.82) is 0 Å². The topological polar surface area (TPSA) is 308 Å². The van der Waals surface area contributed by atoms with Crippen LogP contribution < -0.4 is 10.2 Å². The Morgan fingerprint density at radius 3 is 1.88 bits per heavy atom. The van der Waals surface area contributed by atoms with E-state index in [1.165, 1.54) is 38.1 Å². The van der Waals surface area contributed by atoms with Crippen LogP contribution in [0.25, 0.3) is 22.3 Å². The van der Waals surface area contributed by atoms with Gasteiger partial charge in [-0.1, -0.05) is 0 Å². The molecule has 3 aliphatic heterocycles. The third-order valence-corrected chi connectivity index (χ3v) is 9.26. The number of aliphatic hydroxyl groups excluding tert-OH is 8. The van der Waals surface area contributed by atoms with Crippen molar-refractivity contribution in [3.05, 3.63) is 46.6 Å². The third kappa shape index (κ3) is 7.16. The molecule has 3 aliphatic rings. The fraction of sp³-hybridized carbons (Fsp3) is 0.545. The lowest BCUT2D eigenvalue weighted by molar-refractivity contribution is -0.360. The summed E-state index contributed by atoms with van der Waals surface area (Å²) < 4.78 is 40.3. The van der Waals surface area contributed by atoms with Crippen molar-refractivity contribution in [3.63, 3.8) is 0 Å². The van der Waals surface area contributed by atoms with E-state index < -0.39 is 127 Å². The Kier molecular flexibility index (Phi) is 11.0. The lowest BCUT2D eigenvalue weighted by atomic mass is 9.97. The van der Waals surface area contributed by atoms with Crippen LogP contribution in [0.2, 0.25) is 0 Å². The molecule has 1 aromatic heterocycles. The molecule has 3 aromatic rings. The zero-order chi connectivity index (χ0) is 37.8. The van der Waals surface area contributed by atoms with Gasteiger partial charge >= 0.3 is 0 Å². The summed E-state index contributed by atoms with van der Waals surface area (Å²) in [6, 6.07) is 7.16. The standard InChI is InChI=1S/C33H40O19/c1-10-19(37)23(41)26(44)31(47-10)46-9-17-21(39)25(43)30(52-32-27(45)24(42)20(38)11(2)48-32)33(50-17)51-29-22(40)18-15(36)7-14(35)8-16(18)49-28(29)12-3-5-13(34)6-4-12/h3-8,10-11,17,19-21,23-27,30-39,41-45H,9H2,1-2H3/t10?,11?,17?,19-,20-,21+,23-,24?,25?,26?,27-,30?,31+,32-,33-/m0/s1. The number of hydrogen-bond donors (Lipinski definition) is 11. The third-order valence-electron chi connectivity index (χ3n) is 9.26. The minimum atomic E-state index is -2.00. The fourth-order valence-corrected chi connectivity index (χ4v) is 6.20. The van der Waals surface area contributed by atoms with Crippen molar-refractivity contribution in [3.8, 4) is 34.3 Å². The zero-order valence-corrected chi connectivity index (χ0v) is 27.5. The van der Waals surface area contributed by atoms with E-state index >= 15 is 0 Å². The molecular formula is C33H40O19. The van der Waals surface area contributed by atoms with Crippen LogP contribution in [0.15, 0.2) is 45.6 Å². The van der Waals surface area contributed by atoms with E-state index in [1.807, 2.05) is 0 Å². The maximum Gasteiger partial charge on any atom is 0.239 e. The number of aromatic hydroxyl groups is 3. The Morgan fingerprint density at radius 2 is 1.25 bits per heavy atom. The Hall–Kier alpha value is -3.67. The lowest BCUT2D eigenvalue weighted by Gasteiger charge is -2.46. The van der Waals surface area contributed by atoms with Crippen molar-refractivity contribution >= 4 is 11.0 Å². The molecule has 0 bridgehead atoms. The highest BCUT2D eigenvalue weighted by molar-refractivity contribution is 5.88. The highest BCUT2D eigenvalue weighted by atomic mass is 16.8. The molecular weight excluding hydrogens is 700 g/mol. The molecule has 0 spiro atoms. The summed E-state index contributed by atoms with van der Waals surface area (Å²) in [7, 11) is 0. The predicted octanol–water partition coefficient (Wildman–Crippen LogP) is -2.54. The summed E-state index contributed by atoms with van der Waals surface area (Å²) in [6.45, 7) is 2.12. The average Bonchev–Trinajstić information content (AvgIpc) is 3.10. The van der Waals surface area contributed by atoms with Gasteiger partial charge in [0.2, 0.25) is 17.5 Å². The van der Waals surface area contributed by atoms with E-state index in [9.17, 15) is 61.0 Å². The average molecular weight is 741 g/mol. The van der Waals surface area contributed by atoms with Crippen LogP contribution in [0.5, 0.6) is 23.0 Å². The molecule has 0 saturated carbocycles. The smallest absolute Gasteiger partial charge is 0.239 e. The van der Waals surface area contributed by atoms with E-state index in [1.54, 1.807) is 0 Å². The Balaban J connectivity index is 1.38. The molecule has 0 aliphatic carbocycles. The normalized spacial score (nSPS) is 38.3. The molecule has 3 saturated heterocycles. The molecule has 0 radical (unpaired) electrons. The molecule has 52 heavy (non-hydrogen) atoms. The number of ether oxygens (including phenoxy) is 6. The highest BCUT2D eigenvalue weighted by Crippen LogP contribution is 2.38. The molecule has 19 heteroatoms. The quantitative estimate of drug-likeness (QED) is 0.113. The van der Waals surface area contributed by atoms with E-state index in [0.717, 1.165) is 12.1 Å². The number of hydrogen-bond acceptors (Lipinski definition) is 19. The summed E-state index contributed by atoms with van der Waals surface area (Å²) in [6.07, 6.45) is -24.7. The van der Waals surface area contributed by atoms with Crippen LogP contribution in [0.4, 0.5) is 0 Å². The number of fused-ring (bicyclic) bond motifs is 1. The first-order valence-electron chi connectivity index (χ1n) is 16.2. The number of benzene rings is 2. The van der Waals surface area contributed by atoms with Crippen LogP contribution in [0, 0.1) is 0 Å². The number of phenols is 3. The van der Waals surface area contributed by atoms with E-state index in [4.69, 9.17) is 32.8 Å². The van der Waals surface area contributed by atoms with Crippen LogP contribution in [-0.2, 0) is 23.7 Å². The van der Waals surface area contributed by atoms with Gasteiger partial charge < -0.3 is 89.0 Å². The van der Waals surface area contributed by atoms with Gasteiger partial charge in [0.05, 0.1) is 18.8 Å². The number of phenolic OH excluding ortho intramolecular Hbond substituents is 3. The highest BCUT2D eigenvalue weighted by Gasteiger charge is 2.52. The molecule has 6 rings (SSSR count). The SMILES string of the molecule is CC1O[C@@H](OC2C(O)[C@H](O)C(CO[C@@H]3OC(C)[C@H](O)[C@H](O)C3O)O[C@H]2Oc2c(-c3ccc(O)cc3)oc3cc(O)cc(O)c3c2=O)[C@@H](O)C(O)[C@H]1O. The van der Waals surface area contributed by atoms with Gasteiger partial charge in [0.15, 0.2) is 24.4 Å². The van der Waals surface area contributed by atoms with Gasteiger partial charge in [-0.15, -0.1) is 0 Å². The second-order valence-corrected chi connectivity index (χ2v) is 12.9. The Morgan fingerprint density at radius 1 is 0.654 bits per heavy atom. The first kappa shape index (κ1) is 38.1. The van der Waals surface area contributed by atoms with Crippen molar-refractivity contribution in [1.82, 2.24) is 0 Å². The minimum absolute atomic E-state index is 0.138. The van der Waals surface area contributed by atoms with Crippen molar-refractivity contribution in [2.75, 3.05) is 6.61 Å². The summed E-state index contributed by atoms with van der Waals surface area (Å²) in [5, 5.41) is 115. The lowest BCUT2D eigenvalue weighted by Crippen LogP contribution is -2.65. The summed E-state index contributed by atoms with van der Waals surface area (Å²) in [5.74, 6) is -2.27. The van der Waals surface area contributed by atoms with E-state index in [-0.39, 0.29) is 22.7 Å². The summed E-state index contributed by atoms with van der Waals surface area (Å²) in [4.78, 5) is 14.0. The second-order valence-electron chi connectivity index (χ2n) is 12.9. The predicted molar refractivity (Wildman–Crippen MR) is 170 cm³/mol. The van der Waals surface area contributed by atoms with Gasteiger partial charge in [-0.2, -0.15) is 0 Å². The van der Waals surface area contributed by atoms with Crippen LogP contribution in [0.1, 0.15) is 13.8 Å². The summed E-state index contributed by atoms with van der Waals surface area (Å²) in [5.41, 5.74) is -1.15. The molecule has 7 unspecified atom stereocenters. The molecule has 3 fully saturated rings. The molecule has 2 aromatic carbocycles. The fourth-order valence-electron chi connectivity index (χ4n) is 6.20. The largest absolute Gasteiger partial charge is 0.508 e. The molecule has 4 heterocycles. The van der Waals surface area contributed by atoms with Gasteiger partial charge in [-0.05, 0) is 38.1 Å². The Labute approximate surface area is 293 Å². The first-order valence-corrected chi connectivity index (χ1v) is 16.2. The van der Waals surface area contributed by atoms with Gasteiger partial charge in [0.25, 0.3) is 0 Å². The van der Waals surface area contributed by atoms with Crippen molar-refractivity contribution in [2.45, 2.75) is 106 Å². The minimum Gasteiger partial charge on any atom is -0.508 e. The van der Waals surface area contributed by atoms with Crippen molar-refractivity contribution < 1.29 is 89.0 Å². The number of rotatable bonds is 8. The Bertz CT molecular complexity index is 1760. The maximum atomic E-state index is 14.0. The molecule has 15 atom stereocenters. The van der Waals surface area contributed by atoms with Crippen LogP contribution in [-0.4, -0.2) is 155 Å². The van der Waals surface area contributed by atoms with Crippen LogP contribution in [0.3, 0.4) is 0 Å². The van der Waals surface area contributed by atoms with Crippen LogP contribution >= 0.6 is 0 Å². The molecule has 286 valence electrons. The van der Waals surface area contributed by atoms with E-state index in [0.29, 0.717) is 0 Å². The maximum absolute atomic E-state index is 14.0. The monoisotopic (exact) mass is 740 g/mol. The molecule has 11 N–H and O–H groups in total. The van der Waals surface area contributed by atoms with Gasteiger partial charge in [-0.3, -0.25) is 4.79 Å². The number of aliphatic hydroxyl groups is 8. The van der Waals surface area contributed by atoms with Gasteiger partial charge in [-0.25, -0.2) is 0 Å². The van der Waals surface area contributed by atoms with Crippen molar-refractivity contribution in [2.24, 2.45) is 0 Å². The molecule has 0 amide bonds. The first-order chi connectivity index (χ1) is 24.6. The molecule has 19 nitrogen and oxygen atoms in total. The summed E-state index contributed by atoms with van der Waals surface area (Å²) >= 11 is 0.